The molecule has 26 heavy (non-hydrogen) atoms. The summed E-state index contributed by atoms with van der Waals surface area (Å²) in [7, 11) is 0. The number of fused-ring (bicyclic) bond motifs is 2. The molecule has 3 nitrogen and oxygen atoms in total. The molecule has 2 fully saturated rings. The summed E-state index contributed by atoms with van der Waals surface area (Å²) in [6.07, 6.45) is 7.84. The first-order valence-electron chi connectivity index (χ1n) is 10.1. The van der Waals surface area contributed by atoms with Crippen LogP contribution in [0.4, 0.5) is 0 Å². The van der Waals surface area contributed by atoms with Gasteiger partial charge in [0.2, 0.25) is 5.78 Å². The van der Waals surface area contributed by atoms with Gasteiger partial charge in [0.15, 0.2) is 11.5 Å². The molecule has 0 saturated heterocycles. The predicted octanol–water partition coefficient (Wildman–Crippen LogP) is 4.64. The van der Waals surface area contributed by atoms with Gasteiger partial charge in [-0.2, -0.15) is 0 Å². The lowest BCUT2D eigenvalue weighted by atomic mass is 9.40. The Morgan fingerprint density at radius 2 is 2.00 bits per heavy atom. The van der Waals surface area contributed by atoms with Gasteiger partial charge in [-0.05, 0) is 61.2 Å². The van der Waals surface area contributed by atoms with Crippen molar-refractivity contribution in [1.82, 2.24) is 0 Å². The Bertz CT molecular complexity index is 757. The van der Waals surface area contributed by atoms with Gasteiger partial charge in [-0.25, -0.2) is 0 Å². The molecule has 140 valence electrons. The summed E-state index contributed by atoms with van der Waals surface area (Å²) in [6.45, 7) is 13.6. The predicted molar refractivity (Wildman–Crippen MR) is 101 cm³/mol. The van der Waals surface area contributed by atoms with Crippen molar-refractivity contribution in [3.8, 4) is 0 Å². The van der Waals surface area contributed by atoms with Crippen molar-refractivity contribution >= 4 is 11.6 Å². The van der Waals surface area contributed by atoms with Crippen molar-refractivity contribution in [2.45, 2.75) is 53.4 Å². The molecular formula is C23H30O3. The zero-order valence-corrected chi connectivity index (χ0v) is 16.4. The molecule has 1 unspecified atom stereocenters. The summed E-state index contributed by atoms with van der Waals surface area (Å²) in [5.74, 6) is 1.03. The number of hydrogen-bond acceptors (Lipinski definition) is 3. The van der Waals surface area contributed by atoms with Crippen LogP contribution in [0.2, 0.25) is 0 Å². The number of hydrogen-bond donors (Lipinski definition) is 0. The summed E-state index contributed by atoms with van der Waals surface area (Å²) < 4.78 is 5.49. The number of carbonyl (C=O) groups excluding carboxylic acids is 2. The van der Waals surface area contributed by atoms with Gasteiger partial charge in [-0.3, -0.25) is 9.59 Å². The fourth-order valence-corrected chi connectivity index (χ4v) is 6.61. The van der Waals surface area contributed by atoms with Crippen molar-refractivity contribution in [3.05, 3.63) is 35.6 Å². The van der Waals surface area contributed by atoms with Gasteiger partial charge >= 0.3 is 0 Å². The molecule has 4 aliphatic carbocycles. The standard InChI is InChI=1S/C23H30O3/c1-6-26-18-11-17(24)19-15-8-7-13(2)22(4)10-9-14(3)23(5,21(15)22)12-16(19)20(18)25/h11-12,14-15,19,21H,2,6-10H2,1,3-5H3/t14-,15+,19?,21+,22+,23+/m0/s1. The number of allylic oxidation sites excluding steroid dienone is 4. The van der Waals surface area contributed by atoms with E-state index in [1.807, 2.05) is 6.92 Å². The lowest BCUT2D eigenvalue weighted by Gasteiger charge is -2.63. The van der Waals surface area contributed by atoms with Crippen LogP contribution in [0.3, 0.4) is 0 Å². The van der Waals surface area contributed by atoms with E-state index in [0.717, 1.165) is 25.7 Å². The molecule has 4 rings (SSSR count). The molecular weight excluding hydrogens is 324 g/mol. The quantitative estimate of drug-likeness (QED) is 0.679. The maximum Gasteiger partial charge on any atom is 0.224 e. The van der Waals surface area contributed by atoms with E-state index in [1.54, 1.807) is 0 Å². The molecule has 2 saturated carbocycles. The second-order valence-electron chi connectivity index (χ2n) is 9.26. The first kappa shape index (κ1) is 17.8. The van der Waals surface area contributed by atoms with Crippen molar-refractivity contribution in [2.75, 3.05) is 6.61 Å². The Hall–Kier alpha value is -1.64. The summed E-state index contributed by atoms with van der Waals surface area (Å²) in [4.78, 5) is 26.1. The second kappa shape index (κ2) is 5.68. The molecule has 0 aromatic heterocycles. The van der Waals surface area contributed by atoms with Crippen LogP contribution in [0.25, 0.3) is 0 Å². The van der Waals surface area contributed by atoms with Gasteiger partial charge in [-0.1, -0.05) is 39.0 Å². The molecule has 0 aliphatic heterocycles. The van der Waals surface area contributed by atoms with Crippen LogP contribution >= 0.6 is 0 Å². The molecule has 0 aromatic rings. The van der Waals surface area contributed by atoms with Crippen LogP contribution in [0, 0.1) is 34.5 Å². The minimum atomic E-state index is -0.289. The fourth-order valence-electron chi connectivity index (χ4n) is 6.61. The summed E-state index contributed by atoms with van der Waals surface area (Å²) in [5, 5.41) is 0. The molecule has 0 N–H and O–H groups in total. The average molecular weight is 354 g/mol. The average Bonchev–Trinajstić information content (AvgIpc) is 2.59. The third-order valence-corrected chi connectivity index (χ3v) is 8.13. The van der Waals surface area contributed by atoms with E-state index in [4.69, 9.17) is 4.74 Å². The highest BCUT2D eigenvalue weighted by molar-refractivity contribution is 6.18. The van der Waals surface area contributed by atoms with Crippen LogP contribution in [-0.2, 0) is 14.3 Å². The fraction of sp³-hybridized carbons (Fsp3) is 0.652. The number of ketones is 2. The maximum atomic E-state index is 13.1. The van der Waals surface area contributed by atoms with Crippen LogP contribution < -0.4 is 0 Å². The summed E-state index contributed by atoms with van der Waals surface area (Å²) >= 11 is 0. The van der Waals surface area contributed by atoms with E-state index in [-0.39, 0.29) is 40.0 Å². The maximum absolute atomic E-state index is 13.1. The SMILES string of the molecule is C=C1CC[C@@H]2C3C(=O)C=C(OCC)C(=O)C3=C[C@]3(C)[C@@H](C)CC[C@@]1(C)[C@@H]23. The second-order valence-corrected chi connectivity index (χ2v) is 9.26. The zero-order valence-electron chi connectivity index (χ0n) is 16.4. The van der Waals surface area contributed by atoms with Gasteiger partial charge in [-0.15, -0.1) is 0 Å². The molecule has 0 radical (unpaired) electrons. The highest BCUT2D eigenvalue weighted by Crippen LogP contribution is 2.67. The molecule has 0 heterocycles. The first-order valence-corrected chi connectivity index (χ1v) is 10.1. The van der Waals surface area contributed by atoms with Crippen LogP contribution in [-0.4, -0.2) is 18.2 Å². The Balaban J connectivity index is 1.89. The van der Waals surface area contributed by atoms with Crippen LogP contribution in [0.5, 0.6) is 0 Å². The molecule has 0 spiro atoms. The topological polar surface area (TPSA) is 43.4 Å². The monoisotopic (exact) mass is 354 g/mol. The Morgan fingerprint density at radius 1 is 1.27 bits per heavy atom. The Morgan fingerprint density at radius 3 is 2.69 bits per heavy atom. The molecule has 0 bridgehead atoms. The minimum Gasteiger partial charge on any atom is -0.490 e. The summed E-state index contributed by atoms with van der Waals surface area (Å²) in [5.41, 5.74) is 2.04. The molecule has 6 atom stereocenters. The van der Waals surface area contributed by atoms with E-state index in [0.29, 0.717) is 24.0 Å². The Labute approximate surface area is 156 Å². The largest absolute Gasteiger partial charge is 0.490 e. The molecule has 0 amide bonds. The molecule has 3 heteroatoms. The first-order chi connectivity index (χ1) is 12.2. The summed E-state index contributed by atoms with van der Waals surface area (Å²) in [6, 6.07) is 0. The lowest BCUT2D eigenvalue weighted by molar-refractivity contribution is -0.133. The van der Waals surface area contributed by atoms with Gasteiger partial charge in [0.05, 0.1) is 12.5 Å². The molecule has 0 aromatic carbocycles. The number of carbonyl (C=O) groups is 2. The van der Waals surface area contributed by atoms with E-state index >= 15 is 0 Å². The lowest BCUT2D eigenvalue weighted by Crippen LogP contribution is -2.58. The van der Waals surface area contributed by atoms with Crippen molar-refractivity contribution < 1.29 is 14.3 Å². The normalized spacial score (nSPS) is 44.7. The zero-order chi connectivity index (χ0) is 18.9. The van der Waals surface area contributed by atoms with E-state index in [9.17, 15) is 9.59 Å². The van der Waals surface area contributed by atoms with Gasteiger partial charge < -0.3 is 4.74 Å². The smallest absolute Gasteiger partial charge is 0.224 e. The number of rotatable bonds is 2. The minimum absolute atomic E-state index is 0.0550. The van der Waals surface area contributed by atoms with Crippen molar-refractivity contribution in [1.29, 1.82) is 0 Å². The van der Waals surface area contributed by atoms with Crippen molar-refractivity contribution in [3.63, 3.8) is 0 Å². The highest BCUT2D eigenvalue weighted by Gasteiger charge is 2.62. The van der Waals surface area contributed by atoms with Crippen LogP contribution in [0.15, 0.2) is 35.6 Å². The van der Waals surface area contributed by atoms with E-state index in [1.165, 1.54) is 11.6 Å². The highest BCUT2D eigenvalue weighted by atomic mass is 16.5. The van der Waals surface area contributed by atoms with Gasteiger partial charge in [0, 0.05) is 11.6 Å². The van der Waals surface area contributed by atoms with Crippen LogP contribution in [0.1, 0.15) is 53.4 Å². The third-order valence-electron chi connectivity index (χ3n) is 8.13. The third kappa shape index (κ3) is 2.12. The van der Waals surface area contributed by atoms with E-state index < -0.39 is 0 Å². The van der Waals surface area contributed by atoms with Gasteiger partial charge in [0.1, 0.15) is 0 Å². The number of ether oxygens (including phenoxy) is 1. The Kier molecular flexibility index (Phi) is 3.88. The van der Waals surface area contributed by atoms with Crippen molar-refractivity contribution in [2.24, 2.45) is 34.5 Å². The van der Waals surface area contributed by atoms with E-state index in [2.05, 4.69) is 33.4 Å². The van der Waals surface area contributed by atoms with Gasteiger partial charge in [0.25, 0.3) is 0 Å². The molecule has 4 aliphatic rings. The number of Topliss-reactive ketones (excluding diaryl/α,β-unsaturated/α-hetero) is 1.